The van der Waals surface area contributed by atoms with Crippen molar-refractivity contribution in [1.82, 2.24) is 30.6 Å². The highest BCUT2D eigenvalue weighted by Gasteiger charge is 2.17. The number of aryl methyl sites for hydroxylation is 1. The molecule has 0 bridgehead atoms. The molecule has 0 saturated heterocycles. The van der Waals surface area contributed by atoms with Crippen LogP contribution in [0.5, 0.6) is 11.5 Å². The molecule has 306 valence electrons. The Bertz CT molecular complexity index is 2190. The maximum absolute atomic E-state index is 10.7. The Kier molecular flexibility index (Phi) is 16.1. The number of carbonyl (C=O) groups is 1. The smallest absolute Gasteiger partial charge is 0.306 e. The summed E-state index contributed by atoms with van der Waals surface area (Å²) in [5, 5.41) is 71.5. The number of hydrogen-bond acceptors (Lipinski definition) is 13. The molecule has 0 aliphatic rings. The number of aromatic nitrogens is 4. The Hall–Kier alpha value is -5.44. The number of hydrogen-bond donors (Lipinski definition) is 7. The van der Waals surface area contributed by atoms with Crippen LogP contribution in [0.15, 0.2) is 73.2 Å². The highest BCUT2D eigenvalue weighted by molar-refractivity contribution is 6.32. The number of carboxylic acid groups (broad SMARTS) is 1. The van der Waals surface area contributed by atoms with Crippen LogP contribution in [0, 0.1) is 25.2 Å². The summed E-state index contributed by atoms with van der Waals surface area (Å²) in [6, 6.07) is 19.3. The zero-order valence-corrected chi connectivity index (χ0v) is 33.1. The molecule has 2 atom stereocenters. The van der Waals surface area contributed by atoms with Gasteiger partial charge in [0.25, 0.3) is 0 Å². The molecular formula is C42H48ClN7O8. The summed E-state index contributed by atoms with van der Waals surface area (Å²) >= 11 is 6.76. The maximum Gasteiger partial charge on any atom is 0.306 e. The van der Waals surface area contributed by atoms with E-state index >= 15 is 0 Å². The molecule has 0 saturated carbocycles. The highest BCUT2D eigenvalue weighted by Crippen LogP contribution is 2.36. The predicted octanol–water partition coefficient (Wildman–Crippen LogP) is 4.27. The molecule has 0 radical (unpaired) electrons. The summed E-state index contributed by atoms with van der Waals surface area (Å²) in [4.78, 5) is 14.8. The molecule has 58 heavy (non-hydrogen) atoms. The topological polar surface area (TPSA) is 228 Å². The molecule has 0 amide bonds. The molecule has 5 rings (SSSR count). The van der Waals surface area contributed by atoms with Crippen molar-refractivity contribution >= 4 is 17.6 Å². The number of benzene rings is 3. The second-order valence-corrected chi connectivity index (χ2v) is 14.3. The Morgan fingerprint density at radius 3 is 2.38 bits per heavy atom. The van der Waals surface area contributed by atoms with Gasteiger partial charge >= 0.3 is 5.97 Å². The third-order valence-electron chi connectivity index (χ3n) is 9.41. The molecule has 0 spiro atoms. The number of nitrogens with zero attached hydrogens (tertiary/aromatic N) is 5. The van der Waals surface area contributed by atoms with Gasteiger partial charge < -0.3 is 45.6 Å². The van der Waals surface area contributed by atoms with Gasteiger partial charge in [-0.15, -0.1) is 5.10 Å². The van der Waals surface area contributed by atoms with Crippen LogP contribution in [0.4, 0.5) is 0 Å². The summed E-state index contributed by atoms with van der Waals surface area (Å²) < 4.78 is 14.3. The van der Waals surface area contributed by atoms with Gasteiger partial charge in [-0.1, -0.05) is 53.2 Å². The first kappa shape index (κ1) is 43.7. The monoisotopic (exact) mass is 813 g/mol. The van der Waals surface area contributed by atoms with Gasteiger partial charge in [0.15, 0.2) is 6.29 Å². The average Bonchev–Trinajstić information content (AvgIpc) is 3.66. The van der Waals surface area contributed by atoms with E-state index in [1.807, 2.05) is 37.4 Å². The van der Waals surface area contributed by atoms with Crippen molar-refractivity contribution in [2.75, 3.05) is 19.6 Å². The molecule has 7 N–H and O–H groups in total. The zero-order valence-electron chi connectivity index (χ0n) is 32.3. The standard InChI is InChI=1S/C42H48ClN7O8/c1-26-30(6-3-7-34(26)35-8-4-9-36(27(35)2)38-23-50(49-48-38)11-5-10-45-21-32(51)14-41(53)54)25-58-40-16-39(57-24-29-12-28(17-44)18-46-19-29)31(13-37(40)43)20-47-22-33(52)15-42(55)56/h3-4,6-9,12-13,16,18-19,23,32-33,42,45,47,51-52,55-56H,5,10-11,14-15,20-22,24-25H2,1-2H3,(H,53,54)/t32-,33-/m0/s1. The molecule has 2 aromatic heterocycles. The predicted molar refractivity (Wildman–Crippen MR) is 216 cm³/mol. The molecular weight excluding hydrogens is 766 g/mol. The van der Waals surface area contributed by atoms with Crippen molar-refractivity contribution in [1.29, 1.82) is 5.26 Å². The van der Waals surface area contributed by atoms with Gasteiger partial charge in [-0.2, -0.15) is 5.26 Å². The van der Waals surface area contributed by atoms with Crippen LogP contribution in [0.1, 0.15) is 52.6 Å². The molecule has 0 unspecified atom stereocenters. The SMILES string of the molecule is Cc1c(COc2cc(OCc3cncc(C#N)c3)c(CNC[C@@H](O)CC(O)O)cc2Cl)cccc1-c1cccc(-c2cn(CCCNC[C@@H](O)CC(=O)O)nn2)c1C. The van der Waals surface area contributed by atoms with Gasteiger partial charge in [-0.3, -0.25) is 14.5 Å². The second-order valence-electron chi connectivity index (χ2n) is 13.9. The first-order valence-electron chi connectivity index (χ1n) is 18.8. The fourth-order valence-corrected chi connectivity index (χ4v) is 6.62. The summed E-state index contributed by atoms with van der Waals surface area (Å²) in [7, 11) is 0. The largest absolute Gasteiger partial charge is 0.488 e. The van der Waals surface area contributed by atoms with Crippen LogP contribution in [-0.4, -0.2) is 89.6 Å². The fourth-order valence-electron chi connectivity index (χ4n) is 6.38. The van der Waals surface area contributed by atoms with Crippen molar-refractivity contribution in [3.63, 3.8) is 0 Å². The lowest BCUT2D eigenvalue weighted by atomic mass is 9.91. The summed E-state index contributed by atoms with van der Waals surface area (Å²) in [6.45, 7) is 6.17. The first-order valence-corrected chi connectivity index (χ1v) is 19.2. The second kappa shape index (κ2) is 21.4. The van der Waals surface area contributed by atoms with E-state index in [-0.39, 0.29) is 45.7 Å². The van der Waals surface area contributed by atoms with Crippen molar-refractivity contribution in [3.05, 3.63) is 112 Å². The van der Waals surface area contributed by atoms with E-state index in [0.717, 1.165) is 45.5 Å². The molecule has 2 heterocycles. The molecule has 0 fully saturated rings. The van der Waals surface area contributed by atoms with E-state index in [9.17, 15) is 30.5 Å². The Balaban J connectivity index is 1.28. The number of aliphatic hydroxyl groups excluding tert-OH is 3. The van der Waals surface area contributed by atoms with Crippen LogP contribution in [0.25, 0.3) is 22.4 Å². The highest BCUT2D eigenvalue weighted by atomic mass is 35.5. The van der Waals surface area contributed by atoms with Gasteiger partial charge in [0, 0.05) is 67.8 Å². The number of carboxylic acids is 1. The Morgan fingerprint density at radius 1 is 0.897 bits per heavy atom. The van der Waals surface area contributed by atoms with Crippen molar-refractivity contribution in [2.24, 2.45) is 0 Å². The van der Waals surface area contributed by atoms with Crippen LogP contribution in [0.2, 0.25) is 5.02 Å². The number of pyridine rings is 1. The number of aliphatic hydroxyl groups is 4. The van der Waals surface area contributed by atoms with Crippen LogP contribution >= 0.6 is 11.6 Å². The van der Waals surface area contributed by atoms with Gasteiger partial charge in [-0.25, -0.2) is 0 Å². The normalized spacial score (nSPS) is 12.3. The lowest BCUT2D eigenvalue weighted by Gasteiger charge is -2.18. The third kappa shape index (κ3) is 12.5. The van der Waals surface area contributed by atoms with E-state index in [4.69, 9.17) is 26.2 Å². The van der Waals surface area contributed by atoms with E-state index in [0.29, 0.717) is 46.3 Å². The van der Waals surface area contributed by atoms with Crippen LogP contribution in [-0.2, 0) is 31.1 Å². The third-order valence-corrected chi connectivity index (χ3v) is 9.71. The van der Waals surface area contributed by atoms with E-state index < -0.39 is 24.5 Å². The Morgan fingerprint density at radius 2 is 1.62 bits per heavy atom. The number of ether oxygens (including phenoxy) is 2. The number of aliphatic carboxylic acids is 1. The number of halogens is 1. The van der Waals surface area contributed by atoms with Gasteiger partial charge in [0.1, 0.15) is 36.5 Å². The number of nitriles is 1. The summed E-state index contributed by atoms with van der Waals surface area (Å²) in [5.74, 6) is -0.179. The van der Waals surface area contributed by atoms with E-state index in [1.54, 1.807) is 29.1 Å². The fraction of sp³-hybridized carbons (Fsp3) is 0.357. The molecule has 3 aromatic carbocycles. The van der Waals surface area contributed by atoms with Crippen molar-refractivity contribution in [2.45, 2.75) is 77.9 Å². The first-order chi connectivity index (χ1) is 27.9. The van der Waals surface area contributed by atoms with Crippen LogP contribution < -0.4 is 20.1 Å². The molecule has 16 heteroatoms. The Labute approximate surface area is 341 Å². The molecule has 0 aliphatic carbocycles. The molecule has 5 aromatic rings. The number of nitrogens with one attached hydrogen (secondary N) is 2. The van der Waals surface area contributed by atoms with Gasteiger partial charge in [0.2, 0.25) is 0 Å². The zero-order chi connectivity index (χ0) is 41.6. The lowest BCUT2D eigenvalue weighted by Crippen LogP contribution is -2.29. The average molecular weight is 814 g/mol. The van der Waals surface area contributed by atoms with Crippen molar-refractivity contribution < 1.29 is 39.8 Å². The van der Waals surface area contributed by atoms with Crippen LogP contribution in [0.3, 0.4) is 0 Å². The minimum Gasteiger partial charge on any atom is -0.488 e. The number of rotatable bonds is 22. The summed E-state index contributed by atoms with van der Waals surface area (Å²) in [5.41, 5.74) is 8.54. The lowest BCUT2D eigenvalue weighted by molar-refractivity contribution is -0.139. The quantitative estimate of drug-likeness (QED) is 0.0383. The van der Waals surface area contributed by atoms with E-state index in [2.05, 4.69) is 51.1 Å². The van der Waals surface area contributed by atoms with Gasteiger partial charge in [0.05, 0.1) is 35.4 Å². The minimum absolute atomic E-state index is 0.101. The molecule has 0 aliphatic heterocycles. The summed E-state index contributed by atoms with van der Waals surface area (Å²) in [6.07, 6.45) is 1.67. The minimum atomic E-state index is -1.62. The van der Waals surface area contributed by atoms with Gasteiger partial charge in [-0.05, 0) is 66.8 Å². The van der Waals surface area contributed by atoms with E-state index in [1.165, 1.54) is 6.20 Å². The maximum atomic E-state index is 10.7. The molecule has 15 nitrogen and oxygen atoms in total. The van der Waals surface area contributed by atoms with Crippen molar-refractivity contribution in [3.8, 4) is 40.0 Å².